The molecule has 32 heavy (non-hydrogen) atoms. The van der Waals surface area contributed by atoms with Crippen molar-refractivity contribution in [3.05, 3.63) is 89.7 Å². The van der Waals surface area contributed by atoms with Crippen LogP contribution in [0, 0.1) is 13.8 Å². The summed E-state index contributed by atoms with van der Waals surface area (Å²) < 4.78 is 2.04. The van der Waals surface area contributed by atoms with Gasteiger partial charge in [0, 0.05) is 23.6 Å². The molecular weight excluding hydrogens is 418 g/mol. The number of hydrogen-bond donors (Lipinski definition) is 1. The first kappa shape index (κ1) is 21.8. The molecule has 0 aliphatic carbocycles. The van der Waals surface area contributed by atoms with E-state index in [0.29, 0.717) is 11.7 Å². The molecule has 6 nitrogen and oxygen atoms in total. The van der Waals surface area contributed by atoms with E-state index in [1.54, 1.807) is 12.4 Å². The normalized spacial score (nSPS) is 11.8. The molecule has 7 heteroatoms. The number of carbonyl (C=O) groups excluding carboxylic acids is 1. The first-order valence-electron chi connectivity index (χ1n) is 10.4. The van der Waals surface area contributed by atoms with Gasteiger partial charge >= 0.3 is 0 Å². The fourth-order valence-corrected chi connectivity index (χ4v) is 4.16. The molecule has 0 bridgehead atoms. The number of pyridine rings is 1. The van der Waals surface area contributed by atoms with Gasteiger partial charge in [-0.3, -0.25) is 14.3 Å². The number of aromatic nitrogens is 4. The van der Waals surface area contributed by atoms with Crippen molar-refractivity contribution in [1.82, 2.24) is 19.7 Å². The van der Waals surface area contributed by atoms with Crippen LogP contribution in [-0.4, -0.2) is 30.9 Å². The van der Waals surface area contributed by atoms with Crippen molar-refractivity contribution >= 4 is 23.4 Å². The average molecular weight is 444 g/mol. The lowest BCUT2D eigenvalue weighted by Crippen LogP contribution is -2.23. The molecule has 4 rings (SSSR count). The maximum absolute atomic E-state index is 12.9. The highest BCUT2D eigenvalue weighted by molar-refractivity contribution is 8.00. The van der Waals surface area contributed by atoms with Crippen LogP contribution in [0.3, 0.4) is 0 Å². The second-order valence-electron chi connectivity index (χ2n) is 7.69. The Hall–Kier alpha value is -3.45. The Morgan fingerprint density at radius 3 is 2.62 bits per heavy atom. The maximum atomic E-state index is 12.9. The first-order valence-corrected chi connectivity index (χ1v) is 11.3. The third-order valence-electron chi connectivity index (χ3n) is 5.12. The van der Waals surface area contributed by atoms with E-state index in [1.165, 1.54) is 11.8 Å². The van der Waals surface area contributed by atoms with Gasteiger partial charge in [0.05, 0.1) is 11.8 Å². The molecule has 0 saturated heterocycles. The topological polar surface area (TPSA) is 72.7 Å². The van der Waals surface area contributed by atoms with Gasteiger partial charge in [-0.25, -0.2) is 0 Å². The van der Waals surface area contributed by atoms with Crippen molar-refractivity contribution in [2.24, 2.45) is 0 Å². The molecule has 4 aromatic rings. The Morgan fingerprint density at radius 1 is 1.06 bits per heavy atom. The van der Waals surface area contributed by atoms with Crippen molar-refractivity contribution in [2.75, 3.05) is 5.32 Å². The smallest absolute Gasteiger partial charge is 0.237 e. The van der Waals surface area contributed by atoms with Gasteiger partial charge in [-0.1, -0.05) is 54.2 Å². The third-order valence-corrected chi connectivity index (χ3v) is 6.20. The van der Waals surface area contributed by atoms with Crippen LogP contribution in [0.5, 0.6) is 0 Å². The monoisotopic (exact) mass is 443 g/mol. The van der Waals surface area contributed by atoms with Gasteiger partial charge in [0.15, 0.2) is 11.0 Å². The van der Waals surface area contributed by atoms with E-state index in [0.717, 1.165) is 33.8 Å². The number of aryl methyl sites for hydroxylation is 2. The predicted molar refractivity (Wildman–Crippen MR) is 129 cm³/mol. The summed E-state index contributed by atoms with van der Waals surface area (Å²) in [5, 5.41) is 12.2. The highest BCUT2D eigenvalue weighted by Crippen LogP contribution is 2.28. The Balaban J connectivity index is 1.59. The Morgan fingerprint density at radius 2 is 1.88 bits per heavy atom. The van der Waals surface area contributed by atoms with Crippen molar-refractivity contribution in [1.29, 1.82) is 0 Å². The summed E-state index contributed by atoms with van der Waals surface area (Å²) in [5.41, 5.74) is 4.99. The van der Waals surface area contributed by atoms with Crippen LogP contribution < -0.4 is 5.32 Å². The zero-order chi connectivity index (χ0) is 22.5. The van der Waals surface area contributed by atoms with Gasteiger partial charge in [-0.15, -0.1) is 10.2 Å². The van der Waals surface area contributed by atoms with Gasteiger partial charge in [0.1, 0.15) is 0 Å². The van der Waals surface area contributed by atoms with Crippen LogP contribution in [0.15, 0.2) is 78.2 Å². The minimum atomic E-state index is -0.351. The summed E-state index contributed by atoms with van der Waals surface area (Å²) in [7, 11) is 0. The molecule has 0 spiro atoms. The number of anilines is 1. The van der Waals surface area contributed by atoms with Gasteiger partial charge < -0.3 is 5.32 Å². The minimum absolute atomic E-state index is 0.0686. The molecule has 1 unspecified atom stereocenters. The summed E-state index contributed by atoms with van der Waals surface area (Å²) in [4.78, 5) is 17.1. The lowest BCUT2D eigenvalue weighted by molar-refractivity contribution is -0.115. The van der Waals surface area contributed by atoms with E-state index in [2.05, 4.69) is 32.6 Å². The summed E-state index contributed by atoms with van der Waals surface area (Å²) in [6, 6.07) is 20.0. The minimum Gasteiger partial charge on any atom is -0.325 e. The van der Waals surface area contributed by atoms with Crippen LogP contribution in [-0.2, 0) is 11.3 Å². The lowest BCUT2D eigenvalue weighted by atomic mass is 10.1. The van der Waals surface area contributed by atoms with Crippen LogP contribution in [0.1, 0.15) is 23.6 Å². The molecular formula is C25H25N5OS. The van der Waals surface area contributed by atoms with E-state index < -0.39 is 0 Å². The van der Waals surface area contributed by atoms with E-state index in [1.807, 2.05) is 73.9 Å². The Bertz CT molecular complexity index is 1210. The largest absolute Gasteiger partial charge is 0.325 e. The second-order valence-corrected chi connectivity index (χ2v) is 9.00. The SMILES string of the molecule is Cc1ccc(C)c(NC(=O)C(C)Sc2nnc(-c3cccnc3)n2Cc2ccccc2)c1. The van der Waals surface area contributed by atoms with Crippen LogP contribution in [0.4, 0.5) is 5.69 Å². The number of nitrogens with one attached hydrogen (secondary N) is 1. The number of thioether (sulfide) groups is 1. The Labute approximate surface area is 192 Å². The van der Waals surface area contributed by atoms with E-state index in [-0.39, 0.29) is 11.2 Å². The summed E-state index contributed by atoms with van der Waals surface area (Å²) in [5.74, 6) is 0.660. The molecule has 2 aromatic carbocycles. The van der Waals surface area contributed by atoms with Crippen molar-refractivity contribution < 1.29 is 4.79 Å². The number of rotatable bonds is 7. The van der Waals surface area contributed by atoms with Crippen LogP contribution >= 0.6 is 11.8 Å². The number of benzene rings is 2. The lowest BCUT2D eigenvalue weighted by Gasteiger charge is -2.15. The number of amides is 1. The molecule has 162 valence electrons. The predicted octanol–water partition coefficient (Wildman–Crippen LogP) is 5.12. The van der Waals surface area contributed by atoms with Gasteiger partial charge in [0.25, 0.3) is 0 Å². The van der Waals surface area contributed by atoms with Crippen molar-refractivity contribution in [3.8, 4) is 11.4 Å². The van der Waals surface area contributed by atoms with E-state index in [4.69, 9.17) is 0 Å². The maximum Gasteiger partial charge on any atom is 0.237 e. The van der Waals surface area contributed by atoms with Gasteiger partial charge in [0.2, 0.25) is 5.91 Å². The molecule has 0 fully saturated rings. The summed E-state index contributed by atoms with van der Waals surface area (Å²) in [6.45, 7) is 6.49. The zero-order valence-corrected chi connectivity index (χ0v) is 19.1. The quantitative estimate of drug-likeness (QED) is 0.401. The standard InChI is InChI=1S/C25H25N5OS/c1-17-11-12-18(2)22(14-17)27-24(31)19(3)32-25-29-28-23(21-10-7-13-26-15-21)30(25)16-20-8-5-4-6-9-20/h4-15,19H,16H2,1-3H3,(H,27,31). The third kappa shape index (κ3) is 5.06. The first-order chi connectivity index (χ1) is 15.5. The van der Waals surface area contributed by atoms with Gasteiger partial charge in [-0.2, -0.15) is 0 Å². The second kappa shape index (κ2) is 9.78. The molecule has 0 saturated carbocycles. The molecule has 0 radical (unpaired) electrons. The highest BCUT2D eigenvalue weighted by atomic mass is 32.2. The number of carbonyl (C=O) groups is 1. The highest BCUT2D eigenvalue weighted by Gasteiger charge is 2.21. The molecule has 2 heterocycles. The van der Waals surface area contributed by atoms with E-state index in [9.17, 15) is 4.79 Å². The van der Waals surface area contributed by atoms with Gasteiger partial charge in [-0.05, 0) is 55.7 Å². The van der Waals surface area contributed by atoms with Crippen molar-refractivity contribution in [2.45, 2.75) is 37.7 Å². The molecule has 0 aliphatic rings. The summed E-state index contributed by atoms with van der Waals surface area (Å²) >= 11 is 1.40. The fraction of sp³-hybridized carbons (Fsp3) is 0.200. The van der Waals surface area contributed by atoms with Crippen molar-refractivity contribution in [3.63, 3.8) is 0 Å². The fourth-order valence-electron chi connectivity index (χ4n) is 3.31. The zero-order valence-electron chi connectivity index (χ0n) is 18.3. The molecule has 2 aromatic heterocycles. The molecule has 0 aliphatic heterocycles. The van der Waals surface area contributed by atoms with E-state index >= 15 is 0 Å². The number of hydrogen-bond acceptors (Lipinski definition) is 5. The molecule has 1 N–H and O–H groups in total. The Kier molecular flexibility index (Phi) is 6.66. The molecule has 1 atom stereocenters. The van der Waals surface area contributed by atoms with Crippen LogP contribution in [0.25, 0.3) is 11.4 Å². The summed E-state index contributed by atoms with van der Waals surface area (Å²) in [6.07, 6.45) is 3.51. The average Bonchev–Trinajstić information content (AvgIpc) is 3.19. The van der Waals surface area contributed by atoms with Crippen LogP contribution in [0.2, 0.25) is 0 Å². The molecule has 1 amide bonds. The number of nitrogens with zero attached hydrogens (tertiary/aromatic N) is 4.